The molecule has 0 atom stereocenters. The minimum absolute atomic E-state index is 0.00289. The van der Waals surface area contributed by atoms with Gasteiger partial charge in [0.05, 0.1) is 0 Å². The molecule has 0 bridgehead atoms. The van der Waals surface area contributed by atoms with Gasteiger partial charge in [-0.15, -0.1) is 10.9 Å². The van der Waals surface area contributed by atoms with Crippen molar-refractivity contribution in [1.29, 1.82) is 0 Å². The third-order valence-electron chi connectivity index (χ3n) is 17.3. The average Bonchev–Trinajstić information content (AvgIpc) is 3.27. The summed E-state index contributed by atoms with van der Waals surface area (Å²) in [6.45, 7) is 26.0. The topological polar surface area (TPSA) is 6.48 Å². The Balaban J connectivity index is 1.38. The summed E-state index contributed by atoms with van der Waals surface area (Å²) in [6, 6.07) is 39.1. The van der Waals surface area contributed by atoms with Gasteiger partial charge < -0.3 is 9.80 Å². The van der Waals surface area contributed by atoms with Crippen molar-refractivity contribution in [2.24, 2.45) is 0 Å². The maximum absolute atomic E-state index is 2.71. The summed E-state index contributed by atoms with van der Waals surface area (Å²) in [6.07, 6.45) is 0. The fraction of sp³-hybridized carbons (Fsp3) is 0.263. The van der Waals surface area contributed by atoms with Crippen LogP contribution in [0, 0.1) is 6.92 Å². The van der Waals surface area contributed by atoms with Crippen LogP contribution in [0.4, 0.5) is 34.1 Å². The lowest BCUT2D eigenvalue weighted by Gasteiger charge is -2.47. The number of aryl methyl sites for hydroxylation is 1. The standard InChI is InChI=1S/C57H69B11N2/c1-28-18-45-51-46(19-28)70(53-41(63)27-35(47(64)50(53)67)57(10,11)32-22-38(60)49(66)39(61)23-32)52-40(62)24-33(56(8,9)31-20-36(58)48(65)37(59)21-31)26-43(52)68(51)42-25-30(55(5,6)7)14-17-44(42)69(45)34-15-12-29(13-16-34)54(2,3)4/h12-27H,58-67H2,1-11H3. The van der Waals surface area contributed by atoms with E-state index in [1.165, 1.54) is 144 Å². The fourth-order valence-electron chi connectivity index (χ4n) is 12.1. The molecule has 0 saturated heterocycles. The molecule has 0 radical (unpaired) electrons. The number of hydrogen-bond donors (Lipinski definition) is 0. The van der Waals surface area contributed by atoms with Gasteiger partial charge in [-0.05, 0) is 103 Å². The van der Waals surface area contributed by atoms with Crippen LogP contribution in [0.2, 0.25) is 0 Å². The zero-order valence-corrected chi connectivity index (χ0v) is 46.7. The first kappa shape index (κ1) is 49.8. The Morgan fingerprint density at radius 3 is 1.34 bits per heavy atom. The molecule has 340 valence electrons. The number of rotatable bonds is 6. The van der Waals surface area contributed by atoms with Crippen molar-refractivity contribution < 1.29 is 0 Å². The third-order valence-corrected chi connectivity index (χ3v) is 17.3. The number of hydrogen-bond acceptors (Lipinski definition) is 2. The molecule has 2 nitrogen and oxygen atoms in total. The fourth-order valence-corrected chi connectivity index (χ4v) is 12.1. The Morgan fingerprint density at radius 1 is 0.371 bits per heavy atom. The van der Waals surface area contributed by atoms with Crippen LogP contribution < -0.4 is 80.8 Å². The van der Waals surface area contributed by atoms with Gasteiger partial charge >= 0.3 is 0 Å². The van der Waals surface area contributed by atoms with Crippen molar-refractivity contribution in [1.82, 2.24) is 0 Å². The van der Waals surface area contributed by atoms with Gasteiger partial charge in [-0.25, -0.2) is 0 Å². The Kier molecular flexibility index (Phi) is 12.1. The lowest BCUT2D eigenvalue weighted by molar-refractivity contribution is 0.590. The first-order valence-electron chi connectivity index (χ1n) is 26.0. The maximum Gasteiger partial charge on any atom is 0.252 e. The largest absolute Gasteiger partial charge is 0.313 e. The molecule has 7 aromatic carbocycles. The normalized spacial score (nSPS) is 13.6. The molecule has 0 fully saturated rings. The monoisotopic (exact) mass is 903 g/mol. The smallest absolute Gasteiger partial charge is 0.252 e. The van der Waals surface area contributed by atoms with Crippen LogP contribution in [0.15, 0.2) is 97.1 Å². The van der Waals surface area contributed by atoms with Gasteiger partial charge in [-0.1, -0.05) is 180 Å². The van der Waals surface area contributed by atoms with Crippen LogP contribution in [0.3, 0.4) is 0 Å². The van der Waals surface area contributed by atoms with Crippen molar-refractivity contribution in [3.63, 3.8) is 0 Å². The summed E-state index contributed by atoms with van der Waals surface area (Å²) in [5.74, 6) is 0. The highest BCUT2D eigenvalue weighted by molar-refractivity contribution is 7.00. The van der Waals surface area contributed by atoms with Gasteiger partial charge in [-0.2, -0.15) is 0 Å². The molecule has 0 saturated carbocycles. The van der Waals surface area contributed by atoms with Gasteiger partial charge in [0.25, 0.3) is 6.71 Å². The molecule has 70 heavy (non-hydrogen) atoms. The molecule has 2 heterocycles. The van der Waals surface area contributed by atoms with E-state index in [0.29, 0.717) is 0 Å². The predicted octanol–water partition coefficient (Wildman–Crippen LogP) is -4.09. The summed E-state index contributed by atoms with van der Waals surface area (Å²) < 4.78 is 0. The van der Waals surface area contributed by atoms with E-state index in [4.69, 9.17) is 0 Å². The maximum atomic E-state index is 2.71. The summed E-state index contributed by atoms with van der Waals surface area (Å²) in [5, 5.41) is 0. The number of benzene rings is 7. The Hall–Kier alpha value is -5.15. The zero-order chi connectivity index (χ0) is 51.1. The minimum Gasteiger partial charge on any atom is -0.313 e. The molecular formula is C57H69B11N2. The quantitative estimate of drug-likeness (QED) is 0.157. The lowest BCUT2D eigenvalue weighted by Crippen LogP contribution is -2.63. The van der Waals surface area contributed by atoms with Crippen LogP contribution in [0.25, 0.3) is 0 Å². The van der Waals surface area contributed by atoms with Crippen LogP contribution >= 0.6 is 0 Å². The number of nitrogens with zero attached hydrogens (tertiary/aromatic N) is 2. The van der Waals surface area contributed by atoms with Gasteiger partial charge in [0.15, 0.2) is 0 Å². The van der Waals surface area contributed by atoms with E-state index in [9.17, 15) is 0 Å². The molecule has 0 spiro atoms. The van der Waals surface area contributed by atoms with Crippen molar-refractivity contribution >= 4 is 190 Å². The van der Waals surface area contributed by atoms with E-state index in [0.717, 1.165) is 0 Å². The van der Waals surface area contributed by atoms with E-state index in [2.05, 4.69) is 261 Å². The molecule has 0 unspecified atom stereocenters. The molecule has 2 aliphatic rings. The molecule has 2 aliphatic heterocycles. The Morgan fingerprint density at radius 2 is 0.814 bits per heavy atom. The van der Waals surface area contributed by atoms with Crippen LogP contribution in [0.1, 0.15) is 108 Å². The Bertz CT molecular complexity index is 3280. The molecule has 9 rings (SSSR count). The molecule has 0 N–H and O–H groups in total. The van der Waals surface area contributed by atoms with Gasteiger partial charge in [-0.3, -0.25) is 0 Å². The summed E-state index contributed by atoms with van der Waals surface area (Å²) >= 11 is 0. The highest BCUT2D eigenvalue weighted by Crippen LogP contribution is 2.45. The molecule has 13 heteroatoms. The summed E-state index contributed by atoms with van der Waals surface area (Å²) in [4.78, 5) is 5.29. The SMILES string of the molecule is Bc1cc(C(C)(C)c2cc(B)c3c(c2)B2c4cc(C(C)(C)C)ccc4N(c4ccc(C(C)(C)C)cc4)c4cc(C)cc(c42)N3c2c(B)cc(C(C)(C)c3cc(B)c(B)c(B)c3)c(B)c2B)cc(B)c1B. The van der Waals surface area contributed by atoms with Crippen molar-refractivity contribution in [3.05, 3.63) is 136 Å². The van der Waals surface area contributed by atoms with Crippen molar-refractivity contribution in [2.45, 2.75) is 97.8 Å². The second-order valence-corrected chi connectivity index (χ2v) is 24.9. The van der Waals surface area contributed by atoms with Crippen LogP contribution in [-0.2, 0) is 21.7 Å². The van der Waals surface area contributed by atoms with E-state index in [1.807, 2.05) is 0 Å². The zero-order valence-electron chi connectivity index (χ0n) is 46.7. The minimum atomic E-state index is -0.252. The van der Waals surface area contributed by atoms with Gasteiger partial charge in [0.2, 0.25) is 0 Å². The molecule has 7 aromatic rings. The highest BCUT2D eigenvalue weighted by Gasteiger charge is 2.46. The average molecular weight is 901 g/mol. The molecular weight excluding hydrogens is 832 g/mol. The number of fused-ring (bicyclic) bond motifs is 4. The summed E-state index contributed by atoms with van der Waals surface area (Å²) in [5.41, 5.74) is 34.1. The van der Waals surface area contributed by atoms with Crippen LogP contribution in [0.5, 0.6) is 0 Å². The Labute approximate surface area is 431 Å². The first-order chi connectivity index (χ1) is 32.5. The van der Waals surface area contributed by atoms with E-state index < -0.39 is 0 Å². The second kappa shape index (κ2) is 17.0. The van der Waals surface area contributed by atoms with Gasteiger partial charge in [0.1, 0.15) is 78.5 Å². The molecule has 0 aliphatic carbocycles. The summed E-state index contributed by atoms with van der Waals surface area (Å²) in [7, 11) is 23.1. The van der Waals surface area contributed by atoms with Crippen molar-refractivity contribution in [3.8, 4) is 0 Å². The first-order valence-corrected chi connectivity index (χ1v) is 26.0. The molecule has 0 aromatic heterocycles. The predicted molar refractivity (Wildman–Crippen MR) is 342 cm³/mol. The van der Waals surface area contributed by atoms with Gasteiger partial charge in [0, 0.05) is 45.0 Å². The van der Waals surface area contributed by atoms with Crippen LogP contribution in [-0.4, -0.2) is 85.2 Å². The highest BCUT2D eigenvalue weighted by atomic mass is 15.2. The van der Waals surface area contributed by atoms with E-state index >= 15 is 0 Å². The number of anilines is 6. The third kappa shape index (κ3) is 7.96. The molecule has 0 amide bonds. The second-order valence-electron chi connectivity index (χ2n) is 24.9. The lowest BCUT2D eigenvalue weighted by atomic mass is 9.32. The van der Waals surface area contributed by atoms with Crippen molar-refractivity contribution in [2.75, 3.05) is 9.80 Å². The van der Waals surface area contributed by atoms with E-state index in [1.54, 1.807) is 0 Å². The van der Waals surface area contributed by atoms with E-state index in [-0.39, 0.29) is 28.4 Å².